The first kappa shape index (κ1) is 36.0. The molecule has 2 aromatic carbocycles. The molecule has 3 heteroatoms. The summed E-state index contributed by atoms with van der Waals surface area (Å²) >= 11 is 0. The van der Waals surface area contributed by atoms with Crippen LogP contribution < -0.4 is 0 Å². The van der Waals surface area contributed by atoms with E-state index in [0.717, 1.165) is 35.6 Å². The molecule has 2 aromatic rings. The number of hydrogen-bond donors (Lipinski definition) is 0. The Balaban J connectivity index is 0.00000800. The van der Waals surface area contributed by atoms with Gasteiger partial charge in [-0.3, -0.25) is 4.99 Å². The predicted octanol–water partition coefficient (Wildman–Crippen LogP) is 12.5. The first-order chi connectivity index (χ1) is 19.3. The maximum atomic E-state index is 4.94. The van der Waals surface area contributed by atoms with Crippen LogP contribution >= 0.6 is 0 Å². The Morgan fingerprint density at radius 1 is 0.525 bits per heavy atom. The topological polar surface area (TPSA) is 24.7 Å². The number of rotatable bonds is 23. The fraction of sp³-hybridized carbons (Fsp3) is 0.568. The predicted molar refractivity (Wildman–Crippen MR) is 175 cm³/mol. The van der Waals surface area contributed by atoms with Gasteiger partial charge in [0.1, 0.15) is 0 Å². The molecule has 0 heterocycles. The molecule has 40 heavy (non-hydrogen) atoms. The van der Waals surface area contributed by atoms with Gasteiger partial charge in [0.2, 0.25) is 0 Å². The molecule has 0 unspecified atom stereocenters. The van der Waals surface area contributed by atoms with Gasteiger partial charge in [-0.1, -0.05) is 159 Å². The van der Waals surface area contributed by atoms with E-state index in [1.807, 2.05) is 36.4 Å². The average molecular weight is 588 g/mol. The summed E-state index contributed by atoms with van der Waals surface area (Å²) in [7, 11) is 0. The Morgan fingerprint density at radius 2 is 0.925 bits per heavy atom. The number of allylic oxidation sites excluding steroid dienone is 2. The second-order valence-electron chi connectivity index (χ2n) is 10.9. The number of para-hydroxylation sites is 2. The van der Waals surface area contributed by atoms with Gasteiger partial charge >= 0.3 is 0 Å². The van der Waals surface area contributed by atoms with Gasteiger partial charge in [0, 0.05) is 16.5 Å². The van der Waals surface area contributed by atoms with E-state index in [9.17, 15) is 0 Å². The molecule has 2 rings (SSSR count). The number of hydrogen-bond acceptors (Lipinski definition) is 2. The van der Waals surface area contributed by atoms with Crippen LogP contribution in [0.4, 0.5) is 11.4 Å². The van der Waals surface area contributed by atoms with Crippen molar-refractivity contribution in [1.82, 2.24) is 0 Å². The van der Waals surface area contributed by atoms with E-state index in [-0.39, 0.29) is 16.5 Å². The van der Waals surface area contributed by atoms with E-state index < -0.39 is 0 Å². The van der Waals surface area contributed by atoms with E-state index in [1.165, 1.54) is 109 Å². The van der Waals surface area contributed by atoms with Gasteiger partial charge in [-0.2, -0.15) is 0 Å². The molecule has 0 N–H and O–H groups in total. The molecule has 224 valence electrons. The largest absolute Gasteiger partial charge is 0.251 e. The maximum Gasteiger partial charge on any atom is 0.0848 e. The van der Waals surface area contributed by atoms with E-state index in [0.29, 0.717) is 0 Å². The Labute approximate surface area is 257 Å². The van der Waals surface area contributed by atoms with Crippen LogP contribution in [-0.4, -0.2) is 11.4 Å². The first-order valence-corrected chi connectivity index (χ1v) is 16.3. The van der Waals surface area contributed by atoms with Gasteiger partial charge < -0.3 is 0 Å². The summed E-state index contributed by atoms with van der Waals surface area (Å²) in [5.41, 5.74) is 3.96. The fourth-order valence-corrected chi connectivity index (χ4v) is 5.00. The van der Waals surface area contributed by atoms with E-state index in [4.69, 9.17) is 9.98 Å². The van der Waals surface area contributed by atoms with Crippen LogP contribution in [0.2, 0.25) is 0 Å². The summed E-state index contributed by atoms with van der Waals surface area (Å²) in [5.74, 6) is 0. The van der Waals surface area contributed by atoms with Gasteiger partial charge in [-0.15, -0.1) is 0 Å². The zero-order chi connectivity index (χ0) is 27.6. The molecule has 0 radical (unpaired) electrons. The van der Waals surface area contributed by atoms with Gasteiger partial charge in [-0.05, 0) is 49.6 Å². The van der Waals surface area contributed by atoms with Gasteiger partial charge in [-0.25, -0.2) is 4.99 Å². The van der Waals surface area contributed by atoms with Crippen LogP contribution in [-0.2, 0) is 16.5 Å². The van der Waals surface area contributed by atoms with Crippen LogP contribution in [0.1, 0.15) is 136 Å². The number of unbranched alkanes of at least 4 members (excludes halogenated alkanes) is 17. The van der Waals surface area contributed by atoms with Gasteiger partial charge in [0.15, 0.2) is 0 Å². The van der Waals surface area contributed by atoms with Crippen molar-refractivity contribution in [2.45, 2.75) is 136 Å². The Kier molecular flexibility index (Phi) is 23.4. The maximum absolute atomic E-state index is 4.94. The minimum Gasteiger partial charge on any atom is -0.251 e. The van der Waals surface area contributed by atoms with Crippen LogP contribution in [0, 0.1) is 0 Å². The third-order valence-corrected chi connectivity index (χ3v) is 7.41. The molecule has 2 nitrogen and oxygen atoms in total. The molecule has 0 aliphatic carbocycles. The van der Waals surface area contributed by atoms with E-state index >= 15 is 0 Å². The third-order valence-electron chi connectivity index (χ3n) is 7.41. The molecule has 0 spiro atoms. The standard InChI is InChI=1S/C37H56N2.Ni/c1-3-5-6-7-8-9-10-11-12-13-14-15-16-17-18-19-20-21-28-33-37(39-35-31-26-23-27-32-35)36(4-2)38-34-29-24-22-25-30-34;/h22-33H,3-21H2,1-2H3;/b33-28+,38-36+,39-37+;. The molecule has 0 saturated carbocycles. The second kappa shape index (κ2) is 25.9. The summed E-state index contributed by atoms with van der Waals surface area (Å²) < 4.78 is 0. The summed E-state index contributed by atoms with van der Waals surface area (Å²) in [5, 5.41) is 0. The number of aliphatic imine (C=N–C) groups is 2. The van der Waals surface area contributed by atoms with Crippen molar-refractivity contribution in [1.29, 1.82) is 0 Å². The number of nitrogens with zero attached hydrogens (tertiary/aromatic N) is 2. The molecule has 0 aromatic heterocycles. The van der Waals surface area contributed by atoms with Crippen LogP contribution in [0.25, 0.3) is 0 Å². The van der Waals surface area contributed by atoms with Crippen molar-refractivity contribution in [3.63, 3.8) is 0 Å². The normalized spacial score (nSPS) is 12.2. The number of benzene rings is 2. The van der Waals surface area contributed by atoms with Crippen molar-refractivity contribution in [2.24, 2.45) is 9.98 Å². The summed E-state index contributed by atoms with van der Waals surface area (Å²) in [6.07, 6.45) is 30.5. The van der Waals surface area contributed by atoms with Crippen molar-refractivity contribution in [3.8, 4) is 0 Å². The molecular formula is C37H56N2Ni. The minimum absolute atomic E-state index is 0. The van der Waals surface area contributed by atoms with Crippen molar-refractivity contribution < 1.29 is 16.5 Å². The van der Waals surface area contributed by atoms with Crippen LogP contribution in [0.3, 0.4) is 0 Å². The van der Waals surface area contributed by atoms with E-state index in [1.54, 1.807) is 0 Å². The third kappa shape index (κ3) is 18.4. The average Bonchev–Trinajstić information content (AvgIpc) is 2.97. The zero-order valence-corrected chi connectivity index (χ0v) is 26.6. The molecule has 0 bridgehead atoms. The summed E-state index contributed by atoms with van der Waals surface area (Å²) in [6.45, 7) is 4.46. The van der Waals surface area contributed by atoms with Crippen molar-refractivity contribution in [2.75, 3.05) is 0 Å². The smallest absolute Gasteiger partial charge is 0.0848 e. The van der Waals surface area contributed by atoms with Crippen LogP contribution in [0.15, 0.2) is 82.8 Å². The molecule has 0 fully saturated rings. The first-order valence-electron chi connectivity index (χ1n) is 16.3. The van der Waals surface area contributed by atoms with Gasteiger partial charge in [0.05, 0.1) is 22.8 Å². The SMILES string of the molecule is CCCCCCCCCCCCCCCCCCC/C=C/C(=N\c1ccccc1)C(/CC)=N/c1ccccc1.[Ni]. The summed E-state index contributed by atoms with van der Waals surface area (Å²) in [6, 6.07) is 20.4. The van der Waals surface area contributed by atoms with Crippen LogP contribution in [0.5, 0.6) is 0 Å². The second-order valence-corrected chi connectivity index (χ2v) is 10.9. The Morgan fingerprint density at radius 3 is 1.35 bits per heavy atom. The molecular weight excluding hydrogens is 531 g/mol. The van der Waals surface area contributed by atoms with Crippen molar-refractivity contribution in [3.05, 3.63) is 72.8 Å². The zero-order valence-electron chi connectivity index (χ0n) is 25.6. The summed E-state index contributed by atoms with van der Waals surface area (Å²) in [4.78, 5) is 9.85. The van der Waals surface area contributed by atoms with Gasteiger partial charge in [0.25, 0.3) is 0 Å². The van der Waals surface area contributed by atoms with E-state index in [2.05, 4.69) is 50.3 Å². The molecule has 0 aliphatic heterocycles. The quantitative estimate of drug-likeness (QED) is 0.0702. The molecule has 0 aliphatic rings. The minimum atomic E-state index is 0. The van der Waals surface area contributed by atoms with Crippen molar-refractivity contribution >= 4 is 22.8 Å². The fourth-order valence-electron chi connectivity index (χ4n) is 5.00. The molecule has 0 saturated heterocycles. The Hall–Kier alpha value is -1.99. The monoisotopic (exact) mass is 586 g/mol. The molecule has 0 amide bonds. The Bertz CT molecular complexity index is 918. The molecule has 0 atom stereocenters.